The predicted molar refractivity (Wildman–Crippen MR) is 71.8 cm³/mol. The largest absolute Gasteiger partial charge is 0.303 e. The second-order valence-electron chi connectivity index (χ2n) is 5.44. The Balaban J connectivity index is 2.21. The van der Waals surface area contributed by atoms with Gasteiger partial charge in [0.05, 0.1) is 6.07 Å². The van der Waals surface area contributed by atoms with Gasteiger partial charge >= 0.3 is 0 Å². The zero-order valence-electron chi connectivity index (χ0n) is 11.6. The van der Waals surface area contributed by atoms with Gasteiger partial charge in [0, 0.05) is 6.54 Å². The minimum atomic E-state index is -0.335. The lowest BCUT2D eigenvalue weighted by atomic mass is 9.97. The standard InChI is InChI=1S/C14H27N3/c1-4-13-7-10-17(11-13)9-6-8-14(3,12-15)16-5-2/h13,16H,4-11H2,1-3H3. The number of nitrogens with zero attached hydrogens (tertiary/aromatic N) is 2. The van der Waals surface area contributed by atoms with Gasteiger partial charge in [-0.25, -0.2) is 0 Å². The first-order valence-corrected chi connectivity index (χ1v) is 7.02. The molecule has 1 N–H and O–H groups in total. The molecule has 1 aliphatic heterocycles. The molecular formula is C14H27N3. The Morgan fingerprint density at radius 1 is 1.47 bits per heavy atom. The van der Waals surface area contributed by atoms with Crippen molar-refractivity contribution in [3.05, 3.63) is 0 Å². The van der Waals surface area contributed by atoms with E-state index in [4.69, 9.17) is 5.26 Å². The third-order valence-corrected chi connectivity index (χ3v) is 3.91. The van der Waals surface area contributed by atoms with E-state index in [1.54, 1.807) is 0 Å². The molecule has 1 aliphatic rings. The van der Waals surface area contributed by atoms with Gasteiger partial charge in [0.2, 0.25) is 0 Å². The molecule has 1 heterocycles. The molecule has 0 saturated carbocycles. The Kier molecular flexibility index (Phi) is 5.94. The number of nitrogens with one attached hydrogen (secondary N) is 1. The number of rotatable bonds is 7. The molecule has 17 heavy (non-hydrogen) atoms. The average Bonchev–Trinajstić information content (AvgIpc) is 2.77. The van der Waals surface area contributed by atoms with Crippen LogP contribution in [0.2, 0.25) is 0 Å². The molecule has 1 fully saturated rings. The van der Waals surface area contributed by atoms with Gasteiger partial charge in [-0.1, -0.05) is 20.3 Å². The second-order valence-corrected chi connectivity index (χ2v) is 5.44. The molecule has 0 bridgehead atoms. The highest BCUT2D eigenvalue weighted by Gasteiger charge is 2.24. The molecule has 0 aromatic heterocycles. The third-order valence-electron chi connectivity index (χ3n) is 3.91. The molecule has 0 aromatic carbocycles. The Morgan fingerprint density at radius 2 is 2.24 bits per heavy atom. The van der Waals surface area contributed by atoms with Crippen LogP contribution in [0.4, 0.5) is 0 Å². The zero-order valence-corrected chi connectivity index (χ0v) is 11.6. The minimum absolute atomic E-state index is 0.335. The van der Waals surface area contributed by atoms with Crippen LogP contribution in [0.1, 0.15) is 46.5 Å². The Bertz CT molecular complexity index is 259. The van der Waals surface area contributed by atoms with E-state index in [0.717, 1.165) is 31.8 Å². The average molecular weight is 237 g/mol. The maximum absolute atomic E-state index is 9.16. The molecule has 2 unspecified atom stereocenters. The van der Waals surface area contributed by atoms with Crippen LogP contribution in [-0.4, -0.2) is 36.6 Å². The molecule has 1 rings (SSSR count). The molecular weight excluding hydrogens is 210 g/mol. The van der Waals surface area contributed by atoms with Gasteiger partial charge in [-0.15, -0.1) is 0 Å². The summed E-state index contributed by atoms with van der Waals surface area (Å²) in [5.74, 6) is 0.908. The highest BCUT2D eigenvalue weighted by molar-refractivity contribution is 5.03. The van der Waals surface area contributed by atoms with E-state index in [1.165, 1.54) is 25.9 Å². The fraction of sp³-hybridized carbons (Fsp3) is 0.929. The van der Waals surface area contributed by atoms with Crippen molar-refractivity contribution in [2.75, 3.05) is 26.2 Å². The first kappa shape index (κ1) is 14.5. The van der Waals surface area contributed by atoms with Crippen LogP contribution in [0, 0.1) is 17.2 Å². The molecule has 0 aliphatic carbocycles. The Morgan fingerprint density at radius 3 is 2.76 bits per heavy atom. The predicted octanol–water partition coefficient (Wildman–Crippen LogP) is 2.39. The van der Waals surface area contributed by atoms with E-state index in [0.29, 0.717) is 0 Å². The van der Waals surface area contributed by atoms with E-state index >= 15 is 0 Å². The first-order chi connectivity index (χ1) is 8.13. The van der Waals surface area contributed by atoms with Crippen molar-refractivity contribution in [1.29, 1.82) is 5.26 Å². The van der Waals surface area contributed by atoms with Gasteiger partial charge in [0.15, 0.2) is 0 Å². The summed E-state index contributed by atoms with van der Waals surface area (Å²) in [7, 11) is 0. The van der Waals surface area contributed by atoms with Gasteiger partial charge < -0.3 is 4.90 Å². The summed E-state index contributed by atoms with van der Waals surface area (Å²) in [6.07, 6.45) is 4.74. The van der Waals surface area contributed by atoms with Crippen LogP contribution >= 0.6 is 0 Å². The number of hydrogen-bond donors (Lipinski definition) is 1. The Hall–Kier alpha value is -0.590. The van der Waals surface area contributed by atoms with Gasteiger partial charge in [0.1, 0.15) is 5.54 Å². The van der Waals surface area contributed by atoms with Gasteiger partial charge in [-0.3, -0.25) is 5.32 Å². The lowest BCUT2D eigenvalue weighted by Gasteiger charge is -2.24. The van der Waals surface area contributed by atoms with Crippen molar-refractivity contribution in [3.63, 3.8) is 0 Å². The van der Waals surface area contributed by atoms with E-state index in [1.807, 2.05) is 6.92 Å². The summed E-state index contributed by atoms with van der Waals surface area (Å²) in [5.41, 5.74) is -0.335. The van der Waals surface area contributed by atoms with Gasteiger partial charge in [-0.05, 0) is 51.7 Å². The number of likely N-dealkylation sites (tertiary alicyclic amines) is 1. The topological polar surface area (TPSA) is 39.1 Å². The molecule has 3 heteroatoms. The van der Waals surface area contributed by atoms with Crippen molar-refractivity contribution < 1.29 is 0 Å². The fourth-order valence-electron chi connectivity index (χ4n) is 2.68. The molecule has 1 saturated heterocycles. The van der Waals surface area contributed by atoms with Crippen LogP contribution in [-0.2, 0) is 0 Å². The summed E-state index contributed by atoms with van der Waals surface area (Å²) in [4.78, 5) is 2.55. The van der Waals surface area contributed by atoms with Crippen LogP contribution < -0.4 is 5.32 Å². The lowest BCUT2D eigenvalue weighted by molar-refractivity contribution is 0.297. The van der Waals surface area contributed by atoms with Crippen molar-refractivity contribution in [2.24, 2.45) is 5.92 Å². The number of hydrogen-bond acceptors (Lipinski definition) is 3. The third kappa shape index (κ3) is 4.65. The molecule has 0 spiro atoms. The zero-order chi connectivity index (χ0) is 12.7. The Labute approximate surface area is 106 Å². The SMILES string of the molecule is CCNC(C)(C#N)CCCN1CCC(CC)C1. The van der Waals surface area contributed by atoms with Crippen molar-refractivity contribution in [2.45, 2.75) is 52.0 Å². The second kappa shape index (κ2) is 6.98. The minimum Gasteiger partial charge on any atom is -0.303 e. The van der Waals surface area contributed by atoms with Crippen LogP contribution in [0.15, 0.2) is 0 Å². The van der Waals surface area contributed by atoms with E-state index < -0.39 is 0 Å². The summed E-state index contributed by atoms with van der Waals surface area (Å²) in [5, 5.41) is 12.4. The maximum Gasteiger partial charge on any atom is 0.103 e. The quantitative estimate of drug-likeness (QED) is 0.739. The summed E-state index contributed by atoms with van der Waals surface area (Å²) in [6, 6.07) is 2.40. The van der Waals surface area contributed by atoms with E-state index in [2.05, 4.69) is 30.1 Å². The van der Waals surface area contributed by atoms with E-state index in [-0.39, 0.29) is 5.54 Å². The monoisotopic (exact) mass is 237 g/mol. The molecule has 0 amide bonds. The van der Waals surface area contributed by atoms with Gasteiger partial charge in [0.25, 0.3) is 0 Å². The van der Waals surface area contributed by atoms with Crippen molar-refractivity contribution in [1.82, 2.24) is 10.2 Å². The van der Waals surface area contributed by atoms with Crippen LogP contribution in [0.3, 0.4) is 0 Å². The van der Waals surface area contributed by atoms with Gasteiger partial charge in [-0.2, -0.15) is 5.26 Å². The van der Waals surface area contributed by atoms with E-state index in [9.17, 15) is 0 Å². The first-order valence-electron chi connectivity index (χ1n) is 7.02. The fourth-order valence-corrected chi connectivity index (χ4v) is 2.68. The molecule has 2 atom stereocenters. The number of nitriles is 1. The highest BCUT2D eigenvalue weighted by Crippen LogP contribution is 2.20. The summed E-state index contributed by atoms with van der Waals surface area (Å²) < 4.78 is 0. The van der Waals surface area contributed by atoms with Crippen molar-refractivity contribution >= 4 is 0 Å². The highest BCUT2D eigenvalue weighted by atomic mass is 15.1. The molecule has 98 valence electrons. The molecule has 0 aromatic rings. The lowest BCUT2D eigenvalue weighted by Crippen LogP contribution is -2.41. The van der Waals surface area contributed by atoms with Crippen molar-refractivity contribution in [3.8, 4) is 6.07 Å². The van der Waals surface area contributed by atoms with Crippen LogP contribution in [0.25, 0.3) is 0 Å². The maximum atomic E-state index is 9.16. The summed E-state index contributed by atoms with van der Waals surface area (Å²) in [6.45, 7) is 10.9. The van der Waals surface area contributed by atoms with Crippen LogP contribution in [0.5, 0.6) is 0 Å². The molecule has 0 radical (unpaired) electrons. The summed E-state index contributed by atoms with van der Waals surface area (Å²) >= 11 is 0. The normalized spacial score (nSPS) is 24.5. The smallest absolute Gasteiger partial charge is 0.103 e. The molecule has 3 nitrogen and oxygen atoms in total.